The van der Waals surface area contributed by atoms with Crippen molar-refractivity contribution in [3.05, 3.63) is 29.7 Å². The summed E-state index contributed by atoms with van der Waals surface area (Å²) < 4.78 is 4.94. The number of aryl methyl sites for hydroxylation is 2. The number of hydrogen-bond acceptors (Lipinski definition) is 5. The maximum absolute atomic E-state index is 11.7. The van der Waals surface area contributed by atoms with E-state index in [9.17, 15) is 4.79 Å². The van der Waals surface area contributed by atoms with E-state index in [1.54, 1.807) is 19.3 Å². The number of hydrogen-bond donors (Lipinski definition) is 2. The Bertz CT molecular complexity index is 505. The molecule has 0 aliphatic carbocycles. The van der Waals surface area contributed by atoms with Crippen LogP contribution in [-0.4, -0.2) is 26.2 Å². The molecule has 1 atom stereocenters. The van der Waals surface area contributed by atoms with Crippen LogP contribution in [0.2, 0.25) is 0 Å². The summed E-state index contributed by atoms with van der Waals surface area (Å²) in [5.74, 6) is 1.01. The Morgan fingerprint density at radius 2 is 2.44 bits per heavy atom. The van der Waals surface area contributed by atoms with Crippen LogP contribution in [0.15, 0.2) is 16.9 Å². The molecule has 0 fully saturated rings. The molecule has 1 amide bonds. The van der Waals surface area contributed by atoms with E-state index in [0.717, 1.165) is 5.56 Å². The van der Waals surface area contributed by atoms with Crippen molar-refractivity contribution >= 4 is 5.91 Å². The second kappa shape index (κ2) is 5.44. The molecule has 7 heteroatoms. The molecule has 2 aromatic rings. The number of carbonyl (C=O) groups is 1. The number of carbonyl (C=O) groups excluding carboxylic acids is 1. The van der Waals surface area contributed by atoms with Gasteiger partial charge in [0.25, 0.3) is 0 Å². The van der Waals surface area contributed by atoms with E-state index in [2.05, 4.69) is 25.7 Å². The van der Waals surface area contributed by atoms with Crippen LogP contribution in [0.4, 0.5) is 0 Å². The van der Waals surface area contributed by atoms with Gasteiger partial charge in [-0.3, -0.25) is 9.89 Å². The van der Waals surface area contributed by atoms with E-state index < -0.39 is 0 Å². The summed E-state index contributed by atoms with van der Waals surface area (Å²) in [6.45, 7) is 3.65. The van der Waals surface area contributed by atoms with Gasteiger partial charge < -0.3 is 9.84 Å². The first-order valence-corrected chi connectivity index (χ1v) is 5.72. The topological polar surface area (TPSA) is 96.7 Å². The molecule has 18 heavy (non-hydrogen) atoms. The maximum Gasteiger partial charge on any atom is 0.227 e. The average molecular weight is 249 g/mol. The number of nitrogens with zero attached hydrogens (tertiary/aromatic N) is 3. The van der Waals surface area contributed by atoms with Crippen molar-refractivity contribution in [1.29, 1.82) is 0 Å². The summed E-state index contributed by atoms with van der Waals surface area (Å²) in [6.07, 6.45) is 4.22. The van der Waals surface area contributed by atoms with Gasteiger partial charge in [0.05, 0.1) is 12.2 Å². The molecule has 2 aromatic heterocycles. The quantitative estimate of drug-likeness (QED) is 0.821. The van der Waals surface area contributed by atoms with Gasteiger partial charge in [-0.15, -0.1) is 0 Å². The standard InChI is InChI=1S/C11H15N5O2/c1-7(9-5-12-13-6-9)14-10(17)3-4-11-15-8(2)16-18-11/h5-7H,3-4H2,1-2H3,(H,12,13)(H,14,17). The highest BCUT2D eigenvalue weighted by atomic mass is 16.5. The Morgan fingerprint density at radius 3 is 3.06 bits per heavy atom. The first kappa shape index (κ1) is 12.3. The molecule has 2 rings (SSSR count). The van der Waals surface area contributed by atoms with E-state index in [1.807, 2.05) is 6.92 Å². The molecular weight excluding hydrogens is 234 g/mol. The first-order valence-electron chi connectivity index (χ1n) is 5.72. The largest absolute Gasteiger partial charge is 0.349 e. The summed E-state index contributed by atoms with van der Waals surface area (Å²) in [6, 6.07) is -0.0688. The summed E-state index contributed by atoms with van der Waals surface area (Å²) in [7, 11) is 0. The number of nitrogens with one attached hydrogen (secondary N) is 2. The normalized spacial score (nSPS) is 12.3. The van der Waals surface area contributed by atoms with Gasteiger partial charge in [0.2, 0.25) is 11.8 Å². The van der Waals surface area contributed by atoms with E-state index >= 15 is 0 Å². The molecule has 2 heterocycles. The Kier molecular flexibility index (Phi) is 3.71. The van der Waals surface area contributed by atoms with E-state index in [1.165, 1.54) is 0 Å². The van der Waals surface area contributed by atoms with E-state index in [0.29, 0.717) is 24.6 Å². The smallest absolute Gasteiger partial charge is 0.227 e. The molecule has 2 N–H and O–H groups in total. The Hall–Kier alpha value is -2.18. The lowest BCUT2D eigenvalue weighted by molar-refractivity contribution is -0.121. The van der Waals surface area contributed by atoms with Gasteiger partial charge in [0.15, 0.2) is 5.82 Å². The van der Waals surface area contributed by atoms with Crippen molar-refractivity contribution in [2.24, 2.45) is 0 Å². The lowest BCUT2D eigenvalue weighted by atomic mass is 10.2. The fraction of sp³-hybridized carbons (Fsp3) is 0.455. The van der Waals surface area contributed by atoms with Gasteiger partial charge in [0, 0.05) is 24.6 Å². The number of aromatic amines is 1. The third-order valence-corrected chi connectivity index (χ3v) is 2.53. The highest BCUT2D eigenvalue weighted by Crippen LogP contribution is 2.09. The van der Waals surface area contributed by atoms with Gasteiger partial charge in [0.1, 0.15) is 0 Å². The van der Waals surface area contributed by atoms with Crippen LogP contribution in [0.5, 0.6) is 0 Å². The number of aromatic nitrogens is 4. The average Bonchev–Trinajstić information content (AvgIpc) is 2.97. The van der Waals surface area contributed by atoms with Gasteiger partial charge >= 0.3 is 0 Å². The second-order valence-electron chi connectivity index (χ2n) is 4.06. The Labute approximate surface area is 104 Å². The van der Waals surface area contributed by atoms with E-state index in [4.69, 9.17) is 4.52 Å². The van der Waals surface area contributed by atoms with Gasteiger partial charge in [-0.1, -0.05) is 5.16 Å². The van der Waals surface area contributed by atoms with Crippen LogP contribution in [-0.2, 0) is 11.2 Å². The van der Waals surface area contributed by atoms with Crippen LogP contribution in [0.25, 0.3) is 0 Å². The fourth-order valence-corrected chi connectivity index (χ4v) is 1.56. The van der Waals surface area contributed by atoms with Crippen molar-refractivity contribution in [2.75, 3.05) is 0 Å². The monoisotopic (exact) mass is 249 g/mol. The lowest BCUT2D eigenvalue weighted by Gasteiger charge is -2.11. The molecule has 7 nitrogen and oxygen atoms in total. The highest BCUT2D eigenvalue weighted by Gasteiger charge is 2.12. The minimum atomic E-state index is -0.0688. The molecule has 1 unspecified atom stereocenters. The molecule has 0 radical (unpaired) electrons. The Balaban J connectivity index is 1.78. The highest BCUT2D eigenvalue weighted by molar-refractivity contribution is 5.76. The van der Waals surface area contributed by atoms with Crippen LogP contribution >= 0.6 is 0 Å². The summed E-state index contributed by atoms with van der Waals surface area (Å²) in [4.78, 5) is 15.7. The van der Waals surface area contributed by atoms with Crippen molar-refractivity contribution < 1.29 is 9.32 Å². The number of H-pyrrole nitrogens is 1. The fourth-order valence-electron chi connectivity index (χ4n) is 1.56. The van der Waals surface area contributed by atoms with Crippen molar-refractivity contribution in [1.82, 2.24) is 25.7 Å². The zero-order valence-corrected chi connectivity index (χ0v) is 10.3. The molecule has 0 aliphatic rings. The molecule has 0 aliphatic heterocycles. The van der Waals surface area contributed by atoms with Crippen molar-refractivity contribution in [2.45, 2.75) is 32.7 Å². The van der Waals surface area contributed by atoms with Crippen molar-refractivity contribution in [3.8, 4) is 0 Å². The minimum Gasteiger partial charge on any atom is -0.349 e. The molecule has 0 bridgehead atoms. The summed E-state index contributed by atoms with van der Waals surface area (Å²) in [5, 5.41) is 13.1. The summed E-state index contributed by atoms with van der Waals surface area (Å²) >= 11 is 0. The van der Waals surface area contributed by atoms with Crippen LogP contribution < -0.4 is 5.32 Å². The van der Waals surface area contributed by atoms with Crippen LogP contribution in [0, 0.1) is 6.92 Å². The van der Waals surface area contributed by atoms with Crippen LogP contribution in [0.3, 0.4) is 0 Å². The molecular formula is C11H15N5O2. The summed E-state index contributed by atoms with van der Waals surface area (Å²) in [5.41, 5.74) is 0.942. The zero-order chi connectivity index (χ0) is 13.0. The van der Waals surface area contributed by atoms with E-state index in [-0.39, 0.29) is 11.9 Å². The first-order chi connectivity index (χ1) is 8.65. The molecule has 0 saturated heterocycles. The molecule has 0 aromatic carbocycles. The van der Waals surface area contributed by atoms with Crippen molar-refractivity contribution in [3.63, 3.8) is 0 Å². The number of amides is 1. The second-order valence-corrected chi connectivity index (χ2v) is 4.06. The Morgan fingerprint density at radius 1 is 1.61 bits per heavy atom. The molecule has 0 saturated carbocycles. The third-order valence-electron chi connectivity index (χ3n) is 2.53. The third kappa shape index (κ3) is 3.16. The minimum absolute atomic E-state index is 0.0560. The predicted molar refractivity (Wildman–Crippen MR) is 62.5 cm³/mol. The zero-order valence-electron chi connectivity index (χ0n) is 10.3. The predicted octanol–water partition coefficient (Wildman–Crippen LogP) is 0.911. The molecule has 96 valence electrons. The number of rotatable bonds is 5. The van der Waals surface area contributed by atoms with Crippen LogP contribution in [0.1, 0.15) is 36.7 Å². The maximum atomic E-state index is 11.7. The SMILES string of the molecule is Cc1noc(CCC(=O)NC(C)c2cn[nH]c2)n1. The van der Waals surface area contributed by atoms with Gasteiger partial charge in [-0.05, 0) is 13.8 Å². The van der Waals surface area contributed by atoms with Gasteiger partial charge in [-0.2, -0.15) is 10.1 Å². The molecule has 0 spiro atoms. The van der Waals surface area contributed by atoms with Gasteiger partial charge in [-0.25, -0.2) is 0 Å². The lowest BCUT2D eigenvalue weighted by Crippen LogP contribution is -2.26.